The molecule has 110 valence electrons. The van der Waals surface area contributed by atoms with Crippen molar-refractivity contribution in [2.75, 3.05) is 14.2 Å². The average molecular weight is 282 g/mol. The number of carboxylic acids is 2. The fourth-order valence-corrected chi connectivity index (χ4v) is 2.11. The molecule has 0 saturated heterocycles. The van der Waals surface area contributed by atoms with Crippen LogP contribution in [0.2, 0.25) is 0 Å². The highest BCUT2D eigenvalue weighted by Crippen LogP contribution is 2.33. The Morgan fingerprint density at radius 3 is 1.95 bits per heavy atom. The number of ether oxygens (including phenoxy) is 2. The van der Waals surface area contributed by atoms with Crippen molar-refractivity contribution in [2.24, 2.45) is 0 Å². The molecule has 6 heteroatoms. The molecule has 0 saturated carbocycles. The fourth-order valence-electron chi connectivity index (χ4n) is 2.11. The molecule has 2 N–H and O–H groups in total. The molecule has 0 aromatic heterocycles. The van der Waals surface area contributed by atoms with Crippen molar-refractivity contribution >= 4 is 11.9 Å². The number of carboxylic acid groups (broad SMARTS) is 2. The molecule has 2 atom stereocenters. The van der Waals surface area contributed by atoms with E-state index in [9.17, 15) is 19.8 Å². The number of methoxy groups -OCH3 is 2. The van der Waals surface area contributed by atoms with Gasteiger partial charge in [0.2, 0.25) is 11.2 Å². The third kappa shape index (κ3) is 2.52. The zero-order valence-electron chi connectivity index (χ0n) is 11.6. The first-order valence-corrected chi connectivity index (χ1v) is 5.95. The monoisotopic (exact) mass is 282 g/mol. The number of carbonyl (C=O) groups is 2. The van der Waals surface area contributed by atoms with Crippen molar-refractivity contribution in [1.29, 1.82) is 0 Å². The van der Waals surface area contributed by atoms with E-state index in [1.54, 1.807) is 30.3 Å². The number of hydrogen-bond donors (Lipinski definition) is 2. The zero-order valence-corrected chi connectivity index (χ0v) is 11.6. The van der Waals surface area contributed by atoms with E-state index in [-0.39, 0.29) is 6.42 Å². The van der Waals surface area contributed by atoms with Crippen molar-refractivity contribution in [3.63, 3.8) is 0 Å². The van der Waals surface area contributed by atoms with Crippen LogP contribution in [0.5, 0.6) is 0 Å². The van der Waals surface area contributed by atoms with Gasteiger partial charge in [-0.3, -0.25) is 0 Å². The van der Waals surface area contributed by atoms with Crippen LogP contribution in [0, 0.1) is 0 Å². The van der Waals surface area contributed by atoms with Crippen molar-refractivity contribution < 1.29 is 29.3 Å². The van der Waals surface area contributed by atoms with Crippen molar-refractivity contribution in [1.82, 2.24) is 0 Å². The van der Waals surface area contributed by atoms with Crippen LogP contribution in [-0.4, -0.2) is 47.6 Å². The SMILES string of the molecule is COC(C)(C(=O)O)C(Cc1ccccc1)(OC)C(=O)O. The van der Waals surface area contributed by atoms with Gasteiger partial charge in [-0.25, -0.2) is 9.59 Å². The van der Waals surface area contributed by atoms with E-state index in [0.717, 1.165) is 14.2 Å². The first kappa shape index (κ1) is 16.1. The lowest BCUT2D eigenvalue weighted by Crippen LogP contribution is -2.65. The summed E-state index contributed by atoms with van der Waals surface area (Å²) in [7, 11) is 2.31. The van der Waals surface area contributed by atoms with Gasteiger partial charge in [0.1, 0.15) is 0 Å². The molecule has 0 amide bonds. The van der Waals surface area contributed by atoms with Crippen molar-refractivity contribution in [2.45, 2.75) is 24.5 Å². The topological polar surface area (TPSA) is 93.1 Å². The standard InChI is InChI=1S/C14H18O6/c1-13(19-2,11(15)16)14(20-3,12(17)18)9-10-7-5-4-6-8-10/h4-8H,9H2,1-3H3,(H,15,16)(H,17,18). The third-order valence-electron chi connectivity index (χ3n) is 3.58. The molecule has 1 aromatic rings. The van der Waals surface area contributed by atoms with E-state index in [1.807, 2.05) is 0 Å². The fraction of sp³-hybridized carbons (Fsp3) is 0.429. The van der Waals surface area contributed by atoms with Crippen molar-refractivity contribution in [3.05, 3.63) is 35.9 Å². The summed E-state index contributed by atoms with van der Waals surface area (Å²) in [5.74, 6) is -2.80. The quantitative estimate of drug-likeness (QED) is 0.780. The smallest absolute Gasteiger partial charge is 0.340 e. The number of aliphatic carboxylic acids is 2. The number of rotatable bonds is 7. The highest BCUT2D eigenvalue weighted by atomic mass is 16.6. The molecule has 2 unspecified atom stereocenters. The Bertz CT molecular complexity index is 486. The summed E-state index contributed by atoms with van der Waals surface area (Å²) >= 11 is 0. The Hall–Kier alpha value is -1.92. The summed E-state index contributed by atoms with van der Waals surface area (Å²) in [6.07, 6.45) is -0.129. The van der Waals surface area contributed by atoms with Crippen molar-refractivity contribution in [3.8, 4) is 0 Å². The average Bonchev–Trinajstić information content (AvgIpc) is 2.44. The normalized spacial score (nSPS) is 16.9. The number of benzene rings is 1. The minimum absolute atomic E-state index is 0.129. The molecular formula is C14H18O6. The molecule has 0 aliphatic heterocycles. The molecule has 1 rings (SSSR count). The summed E-state index contributed by atoms with van der Waals surface area (Å²) < 4.78 is 10.1. The van der Waals surface area contributed by atoms with E-state index in [1.165, 1.54) is 6.92 Å². The lowest BCUT2D eigenvalue weighted by Gasteiger charge is -2.40. The molecule has 0 bridgehead atoms. The Labute approximate surface area is 116 Å². The van der Waals surface area contributed by atoms with E-state index >= 15 is 0 Å². The molecule has 0 aliphatic rings. The Kier molecular flexibility index (Phi) is 4.86. The predicted molar refractivity (Wildman–Crippen MR) is 70.6 cm³/mol. The second-order valence-corrected chi connectivity index (χ2v) is 4.54. The van der Waals surface area contributed by atoms with E-state index in [4.69, 9.17) is 9.47 Å². The van der Waals surface area contributed by atoms with Gasteiger partial charge in [-0.2, -0.15) is 0 Å². The molecule has 0 aliphatic carbocycles. The molecule has 6 nitrogen and oxygen atoms in total. The van der Waals surface area contributed by atoms with Crippen LogP contribution in [-0.2, 0) is 25.5 Å². The third-order valence-corrected chi connectivity index (χ3v) is 3.58. The van der Waals surface area contributed by atoms with Crippen LogP contribution < -0.4 is 0 Å². The van der Waals surface area contributed by atoms with Gasteiger partial charge in [0.05, 0.1) is 0 Å². The van der Waals surface area contributed by atoms with Crippen LogP contribution >= 0.6 is 0 Å². The maximum absolute atomic E-state index is 11.7. The van der Waals surface area contributed by atoms with E-state index in [0.29, 0.717) is 5.56 Å². The summed E-state index contributed by atoms with van der Waals surface area (Å²) in [5, 5.41) is 18.9. The van der Waals surface area contributed by atoms with Gasteiger partial charge in [0, 0.05) is 20.6 Å². The minimum atomic E-state index is -2.03. The van der Waals surface area contributed by atoms with Gasteiger partial charge in [-0.15, -0.1) is 0 Å². The molecular weight excluding hydrogens is 264 g/mol. The minimum Gasteiger partial charge on any atom is -0.479 e. The number of hydrogen-bond acceptors (Lipinski definition) is 4. The predicted octanol–water partition coefficient (Wildman–Crippen LogP) is 1.19. The summed E-state index contributed by atoms with van der Waals surface area (Å²) in [6.45, 7) is 1.19. The molecule has 0 spiro atoms. The Morgan fingerprint density at radius 2 is 1.60 bits per heavy atom. The van der Waals surface area contributed by atoms with Gasteiger partial charge >= 0.3 is 11.9 Å². The van der Waals surface area contributed by atoms with Gasteiger partial charge in [-0.1, -0.05) is 30.3 Å². The first-order chi connectivity index (χ1) is 9.34. The maximum atomic E-state index is 11.7. The molecule has 0 fully saturated rings. The highest BCUT2D eigenvalue weighted by molar-refractivity contribution is 5.91. The second kappa shape index (κ2) is 6.02. The molecule has 1 aromatic carbocycles. The molecule has 0 heterocycles. The maximum Gasteiger partial charge on any atom is 0.340 e. The van der Waals surface area contributed by atoms with Crippen LogP contribution in [0.25, 0.3) is 0 Å². The lowest BCUT2D eigenvalue weighted by molar-refractivity contribution is -0.215. The largest absolute Gasteiger partial charge is 0.479 e. The van der Waals surface area contributed by atoms with Gasteiger partial charge in [0.15, 0.2) is 0 Å². The van der Waals surface area contributed by atoms with E-state index in [2.05, 4.69) is 0 Å². The molecule has 0 radical (unpaired) electrons. The molecule has 20 heavy (non-hydrogen) atoms. The first-order valence-electron chi connectivity index (χ1n) is 5.95. The van der Waals surface area contributed by atoms with Crippen LogP contribution in [0.15, 0.2) is 30.3 Å². The Morgan fingerprint density at radius 1 is 1.05 bits per heavy atom. The second-order valence-electron chi connectivity index (χ2n) is 4.54. The van der Waals surface area contributed by atoms with Crippen LogP contribution in [0.3, 0.4) is 0 Å². The summed E-state index contributed by atoms with van der Waals surface area (Å²) in [6, 6.07) is 8.67. The van der Waals surface area contributed by atoms with E-state index < -0.39 is 23.1 Å². The van der Waals surface area contributed by atoms with Crippen LogP contribution in [0.1, 0.15) is 12.5 Å². The highest BCUT2D eigenvalue weighted by Gasteiger charge is 2.60. The van der Waals surface area contributed by atoms with Gasteiger partial charge in [0.25, 0.3) is 0 Å². The zero-order chi connectivity index (χ0) is 15.4. The summed E-state index contributed by atoms with van der Waals surface area (Å²) in [5.41, 5.74) is -3.42. The van der Waals surface area contributed by atoms with Gasteiger partial charge in [-0.05, 0) is 12.5 Å². The Balaban J connectivity index is 3.36. The lowest BCUT2D eigenvalue weighted by atomic mass is 9.79. The van der Waals surface area contributed by atoms with Crippen LogP contribution in [0.4, 0.5) is 0 Å². The summed E-state index contributed by atoms with van der Waals surface area (Å²) in [4.78, 5) is 23.2. The van der Waals surface area contributed by atoms with Gasteiger partial charge < -0.3 is 19.7 Å².